The number of piperidine rings is 1. The van der Waals surface area contributed by atoms with Crippen LogP contribution in [0.4, 0.5) is 0 Å². The molecular formula is C23H27N3O4S. The Morgan fingerprint density at radius 1 is 1.13 bits per heavy atom. The zero-order valence-electron chi connectivity index (χ0n) is 17.8. The highest BCUT2D eigenvalue weighted by atomic mass is 32.2. The highest BCUT2D eigenvalue weighted by Gasteiger charge is 2.33. The minimum atomic E-state index is -3.67. The number of para-hydroxylation sites is 2. The van der Waals surface area contributed by atoms with Crippen LogP contribution >= 0.6 is 0 Å². The summed E-state index contributed by atoms with van der Waals surface area (Å²) in [5.74, 6) is 0.406. The summed E-state index contributed by atoms with van der Waals surface area (Å²) >= 11 is 0. The molecule has 4 rings (SSSR count). The first-order valence-corrected chi connectivity index (χ1v) is 12.1. The summed E-state index contributed by atoms with van der Waals surface area (Å²) in [4.78, 5) is 19.0. The second-order valence-corrected chi connectivity index (χ2v) is 9.66. The summed E-state index contributed by atoms with van der Waals surface area (Å²) < 4.78 is 33.9. The average molecular weight is 442 g/mol. The SMILES string of the molecule is CCN(CC)C(=O)c1ccc(S(=O)(=O)N2CCCC(c3nc4ccccc4o3)C2)cc1. The molecule has 0 N–H and O–H groups in total. The van der Waals surface area contributed by atoms with Crippen molar-refractivity contribution in [2.24, 2.45) is 0 Å². The molecule has 1 fully saturated rings. The summed E-state index contributed by atoms with van der Waals surface area (Å²) in [6, 6.07) is 13.8. The number of fused-ring (bicyclic) bond motifs is 1. The van der Waals surface area contributed by atoms with Gasteiger partial charge in [-0.05, 0) is 63.1 Å². The molecule has 2 aromatic carbocycles. The molecule has 0 spiro atoms. The molecule has 1 atom stereocenters. The number of amides is 1. The lowest BCUT2D eigenvalue weighted by molar-refractivity contribution is 0.0773. The summed E-state index contributed by atoms with van der Waals surface area (Å²) in [6.45, 7) is 5.85. The van der Waals surface area contributed by atoms with Gasteiger partial charge in [-0.15, -0.1) is 0 Å². The average Bonchev–Trinajstić information content (AvgIpc) is 3.24. The number of oxazole rings is 1. The van der Waals surface area contributed by atoms with Crippen molar-refractivity contribution in [3.8, 4) is 0 Å². The van der Waals surface area contributed by atoms with Crippen LogP contribution in [-0.2, 0) is 10.0 Å². The van der Waals surface area contributed by atoms with Crippen molar-refractivity contribution in [2.45, 2.75) is 37.5 Å². The molecule has 1 aliphatic heterocycles. The Morgan fingerprint density at radius 2 is 1.84 bits per heavy atom. The first-order chi connectivity index (χ1) is 14.9. The van der Waals surface area contributed by atoms with Gasteiger partial charge < -0.3 is 9.32 Å². The number of rotatable bonds is 6. The fourth-order valence-electron chi connectivity index (χ4n) is 4.04. The minimum absolute atomic E-state index is 0.0838. The van der Waals surface area contributed by atoms with E-state index in [0.29, 0.717) is 43.2 Å². The molecule has 0 bridgehead atoms. The van der Waals surface area contributed by atoms with E-state index in [-0.39, 0.29) is 16.7 Å². The van der Waals surface area contributed by atoms with E-state index in [9.17, 15) is 13.2 Å². The molecule has 0 aliphatic carbocycles. The minimum Gasteiger partial charge on any atom is -0.440 e. The zero-order chi connectivity index (χ0) is 22.0. The van der Waals surface area contributed by atoms with Crippen molar-refractivity contribution in [2.75, 3.05) is 26.2 Å². The molecule has 1 unspecified atom stereocenters. The fourth-order valence-corrected chi connectivity index (χ4v) is 5.56. The molecule has 0 radical (unpaired) electrons. The van der Waals surface area contributed by atoms with Crippen molar-refractivity contribution in [1.29, 1.82) is 0 Å². The third-order valence-electron chi connectivity index (χ3n) is 5.83. The fraction of sp³-hybridized carbons (Fsp3) is 0.391. The van der Waals surface area contributed by atoms with Crippen molar-refractivity contribution in [3.63, 3.8) is 0 Å². The van der Waals surface area contributed by atoms with E-state index in [0.717, 1.165) is 18.4 Å². The number of hydrogen-bond acceptors (Lipinski definition) is 5. The first kappa shape index (κ1) is 21.5. The quantitative estimate of drug-likeness (QED) is 0.580. The molecule has 8 heteroatoms. The van der Waals surface area contributed by atoms with Crippen LogP contribution in [0.15, 0.2) is 57.8 Å². The van der Waals surface area contributed by atoms with E-state index in [1.807, 2.05) is 38.1 Å². The van der Waals surface area contributed by atoms with Crippen molar-refractivity contribution < 1.29 is 17.6 Å². The van der Waals surface area contributed by atoms with Crippen molar-refractivity contribution in [3.05, 3.63) is 60.0 Å². The lowest BCUT2D eigenvalue weighted by Crippen LogP contribution is -2.39. The lowest BCUT2D eigenvalue weighted by atomic mass is 10.00. The van der Waals surface area contributed by atoms with Crippen molar-refractivity contribution >= 4 is 27.0 Å². The standard InChI is InChI=1S/C23H27N3O4S/c1-3-25(4-2)23(27)17-11-13-19(14-12-17)31(28,29)26-15-7-8-18(16-26)22-24-20-9-5-6-10-21(20)30-22/h5-6,9-14,18H,3-4,7-8,15-16H2,1-2H3. The largest absolute Gasteiger partial charge is 0.440 e. The van der Waals surface area contributed by atoms with Gasteiger partial charge in [-0.2, -0.15) is 4.31 Å². The van der Waals surface area contributed by atoms with E-state index in [1.165, 1.54) is 16.4 Å². The zero-order valence-corrected chi connectivity index (χ0v) is 18.6. The highest BCUT2D eigenvalue weighted by Crippen LogP contribution is 2.31. The highest BCUT2D eigenvalue weighted by molar-refractivity contribution is 7.89. The Balaban J connectivity index is 1.53. The molecule has 3 aromatic rings. The van der Waals surface area contributed by atoms with Gasteiger partial charge in [0, 0.05) is 37.7 Å². The van der Waals surface area contributed by atoms with Gasteiger partial charge in [-0.25, -0.2) is 13.4 Å². The van der Waals surface area contributed by atoms with Crippen LogP contribution in [0, 0.1) is 0 Å². The molecule has 1 aromatic heterocycles. The summed E-state index contributed by atoms with van der Waals surface area (Å²) in [6.07, 6.45) is 1.57. The first-order valence-electron chi connectivity index (χ1n) is 10.7. The number of benzene rings is 2. The Kier molecular flexibility index (Phi) is 6.11. The molecule has 7 nitrogen and oxygen atoms in total. The molecule has 0 saturated carbocycles. The van der Waals surface area contributed by atoms with Crippen molar-refractivity contribution in [1.82, 2.24) is 14.2 Å². The molecular weight excluding hydrogens is 414 g/mol. The van der Waals surface area contributed by atoms with Crippen LogP contribution < -0.4 is 0 Å². The number of sulfonamides is 1. The van der Waals surface area contributed by atoms with E-state index >= 15 is 0 Å². The van der Waals surface area contributed by atoms with Gasteiger partial charge in [-0.1, -0.05) is 12.1 Å². The lowest BCUT2D eigenvalue weighted by Gasteiger charge is -2.30. The monoisotopic (exact) mass is 441 g/mol. The second kappa shape index (κ2) is 8.80. The number of carbonyl (C=O) groups excluding carboxylic acids is 1. The van der Waals surface area contributed by atoms with Crippen LogP contribution in [0.3, 0.4) is 0 Å². The molecule has 1 aliphatic rings. The Labute approximate surface area is 182 Å². The van der Waals surface area contributed by atoms with Crippen LogP contribution in [0.2, 0.25) is 0 Å². The third kappa shape index (κ3) is 4.22. The van der Waals surface area contributed by atoms with Gasteiger partial charge in [0.2, 0.25) is 10.0 Å². The van der Waals surface area contributed by atoms with Gasteiger partial charge in [0.1, 0.15) is 5.52 Å². The number of hydrogen-bond donors (Lipinski definition) is 0. The predicted molar refractivity (Wildman–Crippen MR) is 118 cm³/mol. The summed E-state index contributed by atoms with van der Waals surface area (Å²) in [5, 5.41) is 0. The second-order valence-electron chi connectivity index (χ2n) is 7.72. The Morgan fingerprint density at radius 3 is 2.52 bits per heavy atom. The van der Waals surface area contributed by atoms with Gasteiger partial charge in [0.05, 0.1) is 4.90 Å². The smallest absolute Gasteiger partial charge is 0.253 e. The molecule has 164 valence electrons. The van der Waals surface area contributed by atoms with Crippen LogP contribution in [0.25, 0.3) is 11.1 Å². The Hall–Kier alpha value is -2.71. The number of carbonyl (C=O) groups is 1. The van der Waals surface area contributed by atoms with E-state index in [1.54, 1.807) is 17.0 Å². The number of nitrogens with zero attached hydrogens (tertiary/aromatic N) is 3. The molecule has 1 saturated heterocycles. The maximum Gasteiger partial charge on any atom is 0.253 e. The molecule has 31 heavy (non-hydrogen) atoms. The molecule has 1 amide bonds. The van der Waals surface area contributed by atoms with Crippen LogP contribution in [0.1, 0.15) is 48.9 Å². The topological polar surface area (TPSA) is 83.7 Å². The van der Waals surface area contributed by atoms with E-state index < -0.39 is 10.0 Å². The Bertz CT molecular complexity index is 1130. The van der Waals surface area contributed by atoms with Crippen LogP contribution in [-0.4, -0.2) is 54.7 Å². The summed E-state index contributed by atoms with van der Waals surface area (Å²) in [5.41, 5.74) is 1.99. The van der Waals surface area contributed by atoms with Gasteiger partial charge >= 0.3 is 0 Å². The van der Waals surface area contributed by atoms with Crippen LogP contribution in [0.5, 0.6) is 0 Å². The van der Waals surface area contributed by atoms with Gasteiger partial charge in [0.25, 0.3) is 5.91 Å². The predicted octanol–water partition coefficient (Wildman–Crippen LogP) is 3.88. The normalized spacial score (nSPS) is 17.7. The van der Waals surface area contributed by atoms with Gasteiger partial charge in [0.15, 0.2) is 11.5 Å². The van der Waals surface area contributed by atoms with E-state index in [4.69, 9.17) is 4.42 Å². The maximum atomic E-state index is 13.2. The maximum absolute atomic E-state index is 13.2. The van der Waals surface area contributed by atoms with Gasteiger partial charge in [-0.3, -0.25) is 4.79 Å². The third-order valence-corrected chi connectivity index (χ3v) is 7.71. The molecule has 2 heterocycles. The number of aromatic nitrogens is 1. The van der Waals surface area contributed by atoms with E-state index in [2.05, 4.69) is 4.98 Å². The summed E-state index contributed by atoms with van der Waals surface area (Å²) in [7, 11) is -3.67.